The first-order chi connectivity index (χ1) is 14.6. The van der Waals surface area contributed by atoms with Gasteiger partial charge in [0, 0.05) is 5.56 Å². The summed E-state index contributed by atoms with van der Waals surface area (Å²) in [6, 6.07) is 13.6. The molecule has 2 aromatic carbocycles. The van der Waals surface area contributed by atoms with Crippen molar-refractivity contribution in [1.82, 2.24) is 14.6 Å². The van der Waals surface area contributed by atoms with Crippen molar-refractivity contribution in [3.05, 3.63) is 68.5 Å². The maximum absolute atomic E-state index is 12.8. The SMILES string of the molecule is CCCOc1ccc(/C=c2/sc3nc(-c4ccc(C)cc4)nn3c2=O)cc1OCC. The number of benzene rings is 2. The molecule has 154 valence electrons. The van der Waals surface area contributed by atoms with Gasteiger partial charge in [0.05, 0.1) is 17.7 Å². The summed E-state index contributed by atoms with van der Waals surface area (Å²) in [5.74, 6) is 1.94. The minimum Gasteiger partial charge on any atom is -0.490 e. The molecule has 6 nitrogen and oxygen atoms in total. The first-order valence-electron chi connectivity index (χ1n) is 9.97. The molecule has 0 radical (unpaired) electrons. The van der Waals surface area contributed by atoms with Crippen molar-refractivity contribution in [2.45, 2.75) is 27.2 Å². The Bertz CT molecular complexity index is 1280. The number of thiazole rings is 1. The molecule has 7 heteroatoms. The molecule has 0 bridgehead atoms. The van der Waals surface area contributed by atoms with Gasteiger partial charge in [-0.25, -0.2) is 0 Å². The standard InChI is InChI=1S/C23H23N3O3S/c1-4-12-29-18-11-8-16(13-19(18)28-5-2)14-20-22(27)26-23(30-20)24-21(25-26)17-9-6-15(3)7-10-17/h6-11,13-14H,4-5,12H2,1-3H3/b20-14+. The maximum Gasteiger partial charge on any atom is 0.291 e. The van der Waals surface area contributed by atoms with Crippen LogP contribution in [0.5, 0.6) is 11.5 Å². The molecule has 2 aromatic heterocycles. The summed E-state index contributed by atoms with van der Waals surface area (Å²) in [7, 11) is 0. The van der Waals surface area contributed by atoms with E-state index in [2.05, 4.69) is 17.0 Å². The van der Waals surface area contributed by atoms with Crippen LogP contribution in [0, 0.1) is 6.92 Å². The molecule has 0 aliphatic carbocycles. The van der Waals surface area contributed by atoms with Crippen molar-refractivity contribution in [3.8, 4) is 22.9 Å². The molecule has 0 unspecified atom stereocenters. The monoisotopic (exact) mass is 421 g/mol. The molecular weight excluding hydrogens is 398 g/mol. The summed E-state index contributed by atoms with van der Waals surface area (Å²) in [6.45, 7) is 7.19. The van der Waals surface area contributed by atoms with Gasteiger partial charge in [-0.15, -0.1) is 5.10 Å². The van der Waals surface area contributed by atoms with Crippen molar-refractivity contribution in [2.75, 3.05) is 13.2 Å². The Morgan fingerprint density at radius 1 is 1.07 bits per heavy atom. The molecule has 4 rings (SSSR count). The van der Waals surface area contributed by atoms with Crippen molar-refractivity contribution in [1.29, 1.82) is 0 Å². The number of fused-ring (bicyclic) bond motifs is 1. The van der Waals surface area contributed by atoms with Crippen LogP contribution in [0.1, 0.15) is 31.4 Å². The second-order valence-corrected chi connectivity index (χ2v) is 7.91. The van der Waals surface area contributed by atoms with Gasteiger partial charge >= 0.3 is 0 Å². The maximum atomic E-state index is 12.8. The van der Waals surface area contributed by atoms with Crippen LogP contribution in [-0.4, -0.2) is 27.8 Å². The van der Waals surface area contributed by atoms with Crippen LogP contribution in [0.25, 0.3) is 22.4 Å². The van der Waals surface area contributed by atoms with Crippen LogP contribution in [0.4, 0.5) is 0 Å². The molecule has 0 atom stereocenters. The van der Waals surface area contributed by atoms with Crippen molar-refractivity contribution < 1.29 is 9.47 Å². The summed E-state index contributed by atoms with van der Waals surface area (Å²) in [5.41, 5.74) is 2.75. The summed E-state index contributed by atoms with van der Waals surface area (Å²) >= 11 is 1.32. The van der Waals surface area contributed by atoms with Gasteiger partial charge in [0.1, 0.15) is 0 Å². The Hall–Kier alpha value is -3.19. The Kier molecular flexibility index (Phi) is 5.81. The molecule has 0 saturated carbocycles. The number of hydrogen-bond donors (Lipinski definition) is 0. The Balaban J connectivity index is 1.70. The van der Waals surface area contributed by atoms with Gasteiger partial charge in [-0.05, 0) is 44.0 Å². The van der Waals surface area contributed by atoms with Crippen LogP contribution in [0.15, 0.2) is 47.3 Å². The zero-order valence-electron chi connectivity index (χ0n) is 17.2. The van der Waals surface area contributed by atoms with E-state index in [1.54, 1.807) is 0 Å². The minimum absolute atomic E-state index is 0.176. The first kappa shape index (κ1) is 20.1. The molecule has 0 aliphatic heterocycles. The van der Waals surface area contributed by atoms with Crippen molar-refractivity contribution >= 4 is 22.4 Å². The number of rotatable bonds is 7. The number of nitrogens with zero attached hydrogens (tertiary/aromatic N) is 3. The van der Waals surface area contributed by atoms with Gasteiger partial charge in [0.15, 0.2) is 17.3 Å². The molecule has 0 N–H and O–H groups in total. The fourth-order valence-corrected chi connectivity index (χ4v) is 3.93. The van der Waals surface area contributed by atoms with Crippen LogP contribution in [-0.2, 0) is 0 Å². The lowest BCUT2D eigenvalue weighted by atomic mass is 10.1. The highest BCUT2D eigenvalue weighted by molar-refractivity contribution is 7.15. The second kappa shape index (κ2) is 8.67. The normalized spacial score (nSPS) is 11.9. The van der Waals surface area contributed by atoms with E-state index in [4.69, 9.17) is 9.47 Å². The second-order valence-electron chi connectivity index (χ2n) is 6.90. The molecule has 0 amide bonds. The van der Waals surface area contributed by atoms with Crippen LogP contribution in [0.3, 0.4) is 0 Å². The quantitative estimate of drug-likeness (QED) is 0.453. The van der Waals surface area contributed by atoms with E-state index >= 15 is 0 Å². The zero-order chi connectivity index (χ0) is 21.1. The lowest BCUT2D eigenvalue weighted by molar-refractivity contribution is 0.277. The van der Waals surface area contributed by atoms with Gasteiger partial charge in [0.25, 0.3) is 5.56 Å². The van der Waals surface area contributed by atoms with Gasteiger partial charge in [-0.3, -0.25) is 4.79 Å². The van der Waals surface area contributed by atoms with Gasteiger partial charge in [-0.1, -0.05) is 54.2 Å². The predicted octanol–water partition coefficient (Wildman–Crippen LogP) is 3.86. The van der Waals surface area contributed by atoms with Crippen molar-refractivity contribution in [3.63, 3.8) is 0 Å². The number of aryl methyl sites for hydroxylation is 1. The Morgan fingerprint density at radius 2 is 1.87 bits per heavy atom. The molecule has 0 fully saturated rings. The molecule has 0 aliphatic rings. The Morgan fingerprint density at radius 3 is 2.57 bits per heavy atom. The van der Waals surface area contributed by atoms with Crippen molar-refractivity contribution in [2.24, 2.45) is 0 Å². The van der Waals surface area contributed by atoms with E-state index in [0.29, 0.717) is 40.0 Å². The third-order valence-corrected chi connectivity index (χ3v) is 5.48. The summed E-state index contributed by atoms with van der Waals surface area (Å²) in [6.07, 6.45) is 2.76. The van der Waals surface area contributed by atoms with E-state index in [0.717, 1.165) is 17.5 Å². The fourth-order valence-electron chi connectivity index (χ4n) is 3.02. The molecule has 4 aromatic rings. The van der Waals surface area contributed by atoms with Gasteiger partial charge in [0.2, 0.25) is 4.96 Å². The largest absolute Gasteiger partial charge is 0.490 e. The lowest BCUT2D eigenvalue weighted by Crippen LogP contribution is -2.23. The highest BCUT2D eigenvalue weighted by Gasteiger charge is 2.12. The average molecular weight is 422 g/mol. The zero-order valence-corrected chi connectivity index (χ0v) is 18.0. The van der Waals surface area contributed by atoms with E-state index in [9.17, 15) is 4.79 Å². The highest BCUT2D eigenvalue weighted by Crippen LogP contribution is 2.29. The molecule has 0 saturated heterocycles. The van der Waals surface area contributed by atoms with E-state index in [1.165, 1.54) is 21.4 Å². The lowest BCUT2D eigenvalue weighted by Gasteiger charge is -2.11. The molecular formula is C23H23N3O3S. The smallest absolute Gasteiger partial charge is 0.291 e. The fraction of sp³-hybridized carbons (Fsp3) is 0.261. The molecule has 0 spiro atoms. The molecule has 30 heavy (non-hydrogen) atoms. The highest BCUT2D eigenvalue weighted by atomic mass is 32.1. The summed E-state index contributed by atoms with van der Waals surface area (Å²) < 4.78 is 13.4. The minimum atomic E-state index is -0.176. The van der Waals surface area contributed by atoms with Crippen LogP contribution in [0.2, 0.25) is 0 Å². The first-order valence-corrected chi connectivity index (χ1v) is 10.8. The number of aromatic nitrogens is 3. The van der Waals surface area contributed by atoms with E-state index in [-0.39, 0.29) is 5.56 Å². The van der Waals surface area contributed by atoms with E-state index < -0.39 is 0 Å². The number of ether oxygens (including phenoxy) is 2. The molecule has 2 heterocycles. The average Bonchev–Trinajstić information content (AvgIpc) is 3.28. The van der Waals surface area contributed by atoms with Crippen LogP contribution < -0.4 is 19.6 Å². The third-order valence-electron chi connectivity index (χ3n) is 4.52. The van der Waals surface area contributed by atoms with Crippen LogP contribution >= 0.6 is 11.3 Å². The topological polar surface area (TPSA) is 65.7 Å². The van der Waals surface area contributed by atoms with E-state index in [1.807, 2.05) is 62.4 Å². The third kappa shape index (κ3) is 4.07. The Labute approximate surface area is 178 Å². The van der Waals surface area contributed by atoms with Gasteiger partial charge < -0.3 is 9.47 Å². The predicted molar refractivity (Wildman–Crippen MR) is 119 cm³/mol. The summed E-state index contributed by atoms with van der Waals surface area (Å²) in [4.78, 5) is 17.9. The van der Waals surface area contributed by atoms with Gasteiger partial charge in [-0.2, -0.15) is 9.50 Å². The summed E-state index contributed by atoms with van der Waals surface area (Å²) in [5, 5.41) is 4.41. The number of hydrogen-bond acceptors (Lipinski definition) is 6.